The maximum Gasteiger partial charge on any atom is 1.00 e. The van der Waals surface area contributed by atoms with Gasteiger partial charge in [0.1, 0.15) is 5.75 Å². The first-order valence-corrected chi connectivity index (χ1v) is 10.3. The molecular formula is C23H32ClKO7. The Morgan fingerprint density at radius 2 is 1.41 bits per heavy atom. The van der Waals surface area contributed by atoms with Crippen LogP contribution in [0.1, 0.15) is 58.9 Å². The molecule has 0 bridgehead atoms. The second kappa shape index (κ2) is 23.2. The number of phenolic OH excluding ortho intramolecular Hbond substituents is 1. The molecule has 0 aromatic heterocycles. The molecule has 0 saturated carbocycles. The van der Waals surface area contributed by atoms with Gasteiger partial charge in [-0.05, 0) is 63.1 Å². The summed E-state index contributed by atoms with van der Waals surface area (Å²) in [6.07, 6.45) is 4.28. The number of carbonyl (C=O) groups excluding carboxylic acids is 1. The van der Waals surface area contributed by atoms with Gasteiger partial charge in [0.15, 0.2) is 0 Å². The number of carboxylic acids is 1. The Bertz CT molecular complexity index is 716. The number of unbranched alkanes of at least 4 members (excludes halogenated alkanes) is 3. The van der Waals surface area contributed by atoms with E-state index in [2.05, 4.69) is 0 Å². The number of rotatable bonds is 8. The van der Waals surface area contributed by atoms with E-state index in [1.807, 2.05) is 6.92 Å². The Kier molecular flexibility index (Phi) is 25.8. The number of aliphatic hydroxyl groups excluding tert-OH is 1. The van der Waals surface area contributed by atoms with Gasteiger partial charge in [-0.3, -0.25) is 0 Å². The fourth-order valence-corrected chi connectivity index (χ4v) is 2.26. The summed E-state index contributed by atoms with van der Waals surface area (Å²) >= 11 is 5.42. The number of alkyl halides is 1. The molecule has 9 heteroatoms. The molecule has 0 radical (unpaired) electrons. The third kappa shape index (κ3) is 18.6. The number of halogens is 1. The predicted molar refractivity (Wildman–Crippen MR) is 120 cm³/mol. The fourth-order valence-electron chi connectivity index (χ4n) is 2.07. The first-order chi connectivity index (χ1) is 14.3. The summed E-state index contributed by atoms with van der Waals surface area (Å²) in [5, 5.41) is 25.7. The predicted octanol–water partition coefficient (Wildman–Crippen LogP) is 1.87. The Hall–Kier alpha value is -0.974. The van der Waals surface area contributed by atoms with Crippen molar-refractivity contribution in [1.29, 1.82) is 0 Å². The molecule has 4 N–H and O–H groups in total. The SMILES string of the molecule is CCOC(=O)c1ccc(O)cc1.Cc1ccc(C(=O)O)cc1.OCCCCCCCl.[K+].[OH-]. The van der Waals surface area contributed by atoms with E-state index < -0.39 is 5.97 Å². The van der Waals surface area contributed by atoms with E-state index in [0.717, 1.165) is 37.1 Å². The molecule has 174 valence electrons. The number of esters is 1. The van der Waals surface area contributed by atoms with Crippen molar-refractivity contribution in [2.24, 2.45) is 0 Å². The van der Waals surface area contributed by atoms with Crippen LogP contribution in [0.2, 0.25) is 0 Å². The molecule has 2 rings (SSSR count). The van der Waals surface area contributed by atoms with Crippen LogP contribution in [-0.2, 0) is 4.74 Å². The maximum atomic E-state index is 11.1. The second-order valence-electron chi connectivity index (χ2n) is 6.27. The minimum atomic E-state index is -0.875. The van der Waals surface area contributed by atoms with Crippen molar-refractivity contribution in [2.75, 3.05) is 19.1 Å². The molecule has 0 amide bonds. The summed E-state index contributed by atoms with van der Waals surface area (Å²) in [4.78, 5) is 21.4. The van der Waals surface area contributed by atoms with Gasteiger partial charge in [0.05, 0.1) is 17.7 Å². The van der Waals surface area contributed by atoms with Crippen LogP contribution in [0.4, 0.5) is 0 Å². The molecule has 0 spiro atoms. The van der Waals surface area contributed by atoms with Gasteiger partial charge in [0.25, 0.3) is 0 Å². The van der Waals surface area contributed by atoms with E-state index in [9.17, 15) is 9.59 Å². The molecule has 0 aliphatic carbocycles. The number of hydrogen-bond donors (Lipinski definition) is 3. The topological polar surface area (TPSA) is 134 Å². The Labute approximate surface area is 237 Å². The molecule has 0 fully saturated rings. The Balaban J connectivity index is -0.000000390. The van der Waals surface area contributed by atoms with Crippen LogP contribution >= 0.6 is 11.6 Å². The number of aryl methyl sites for hydroxylation is 1. The number of aliphatic hydroxyl groups is 1. The van der Waals surface area contributed by atoms with Crippen molar-refractivity contribution in [3.8, 4) is 5.75 Å². The molecule has 0 heterocycles. The number of carbonyl (C=O) groups is 2. The standard InChI is InChI=1S/C9H10O3.C8H8O2.C6H13ClO.K.H2O/c1-2-12-9(11)7-3-5-8(10)6-4-7;1-6-2-4-7(5-3-6)8(9)10;7-5-3-1-2-4-6-8;;/h3-6,10H,2H2,1H3;2-5H,1H3,(H,9,10);8H,1-6H2;;1H2/q;;;+1;/p-1. The van der Waals surface area contributed by atoms with E-state index in [4.69, 9.17) is 31.7 Å². The summed E-state index contributed by atoms with van der Waals surface area (Å²) in [6.45, 7) is 4.35. The van der Waals surface area contributed by atoms with Crippen molar-refractivity contribution in [3.63, 3.8) is 0 Å². The Morgan fingerprint density at radius 1 is 0.906 bits per heavy atom. The van der Waals surface area contributed by atoms with E-state index in [0.29, 0.717) is 24.3 Å². The van der Waals surface area contributed by atoms with Gasteiger partial charge in [0, 0.05) is 12.5 Å². The van der Waals surface area contributed by atoms with Crippen LogP contribution < -0.4 is 51.4 Å². The van der Waals surface area contributed by atoms with Crippen LogP contribution in [0.3, 0.4) is 0 Å². The van der Waals surface area contributed by atoms with Crippen molar-refractivity contribution >= 4 is 23.5 Å². The van der Waals surface area contributed by atoms with E-state index in [1.165, 1.54) is 24.3 Å². The van der Waals surface area contributed by atoms with E-state index in [1.54, 1.807) is 31.2 Å². The van der Waals surface area contributed by atoms with Crippen molar-refractivity contribution < 1.29 is 86.5 Å². The van der Waals surface area contributed by atoms with Crippen molar-refractivity contribution in [1.82, 2.24) is 0 Å². The van der Waals surface area contributed by atoms with Gasteiger partial charge >= 0.3 is 63.3 Å². The van der Waals surface area contributed by atoms with Crippen molar-refractivity contribution in [3.05, 3.63) is 65.2 Å². The maximum absolute atomic E-state index is 11.1. The molecule has 2 aromatic carbocycles. The number of aromatic hydroxyl groups is 1. The molecule has 2 aromatic rings. The molecule has 7 nitrogen and oxygen atoms in total. The first-order valence-electron chi connectivity index (χ1n) is 9.78. The summed E-state index contributed by atoms with van der Waals surface area (Å²) in [5.41, 5.74) is 1.87. The fraction of sp³-hybridized carbons (Fsp3) is 0.391. The number of benzene rings is 2. The monoisotopic (exact) mass is 494 g/mol. The van der Waals surface area contributed by atoms with Crippen LogP contribution in [0.25, 0.3) is 0 Å². The summed E-state index contributed by atoms with van der Waals surface area (Å²) in [5.74, 6) is -0.341. The van der Waals surface area contributed by atoms with Gasteiger partial charge < -0.3 is 25.5 Å². The smallest absolute Gasteiger partial charge is 0.870 e. The number of aromatic carboxylic acids is 1. The minimum absolute atomic E-state index is 0. The van der Waals surface area contributed by atoms with Crippen molar-refractivity contribution in [2.45, 2.75) is 39.5 Å². The average molecular weight is 495 g/mol. The molecule has 0 aliphatic rings. The third-order valence-corrected chi connectivity index (χ3v) is 3.99. The zero-order valence-electron chi connectivity index (χ0n) is 19.0. The third-order valence-electron chi connectivity index (χ3n) is 3.72. The number of hydrogen-bond acceptors (Lipinski definition) is 6. The number of carboxylic acid groups (broad SMARTS) is 1. The van der Waals surface area contributed by atoms with Gasteiger partial charge in [0.2, 0.25) is 0 Å². The number of phenols is 1. The van der Waals surface area contributed by atoms with Crippen LogP contribution in [0, 0.1) is 6.92 Å². The molecule has 0 unspecified atom stereocenters. The van der Waals surface area contributed by atoms with Gasteiger partial charge in [-0.25, -0.2) is 9.59 Å². The summed E-state index contributed by atoms with van der Waals surface area (Å²) in [6, 6.07) is 12.7. The second-order valence-corrected chi connectivity index (χ2v) is 6.64. The van der Waals surface area contributed by atoms with Crippen LogP contribution in [0.15, 0.2) is 48.5 Å². The van der Waals surface area contributed by atoms with Gasteiger partial charge in [-0.1, -0.05) is 30.5 Å². The quantitative estimate of drug-likeness (QED) is 0.221. The molecule has 0 aliphatic heterocycles. The molecule has 32 heavy (non-hydrogen) atoms. The Morgan fingerprint density at radius 3 is 1.84 bits per heavy atom. The van der Waals surface area contributed by atoms with Gasteiger partial charge in [-0.2, -0.15) is 0 Å². The largest absolute Gasteiger partial charge is 1.00 e. The van der Waals surface area contributed by atoms with Crippen LogP contribution in [0.5, 0.6) is 5.75 Å². The zero-order valence-corrected chi connectivity index (χ0v) is 22.8. The molecule has 0 saturated heterocycles. The summed E-state index contributed by atoms with van der Waals surface area (Å²) < 4.78 is 4.75. The molecule has 0 atom stereocenters. The number of ether oxygens (including phenoxy) is 1. The summed E-state index contributed by atoms with van der Waals surface area (Å²) in [7, 11) is 0. The normalized spacial score (nSPS) is 8.88. The average Bonchev–Trinajstić information content (AvgIpc) is 2.73. The van der Waals surface area contributed by atoms with E-state index in [-0.39, 0.29) is 68.6 Å². The van der Waals surface area contributed by atoms with E-state index >= 15 is 0 Å². The zero-order chi connectivity index (χ0) is 22.8. The van der Waals surface area contributed by atoms with Crippen LogP contribution in [-0.4, -0.2) is 51.8 Å². The first kappa shape index (κ1) is 35.6. The molecular weight excluding hydrogens is 463 g/mol. The minimum Gasteiger partial charge on any atom is -0.870 e. The van der Waals surface area contributed by atoms with Gasteiger partial charge in [-0.15, -0.1) is 11.6 Å².